The second-order valence-corrected chi connectivity index (χ2v) is 6.14. The van der Waals surface area contributed by atoms with Crippen LogP contribution in [0.4, 0.5) is 0 Å². The summed E-state index contributed by atoms with van der Waals surface area (Å²) in [6, 6.07) is 12.1. The highest BCUT2D eigenvalue weighted by atomic mass is 16.1. The first-order chi connectivity index (χ1) is 10.7. The molecule has 1 amide bonds. The first-order valence-corrected chi connectivity index (χ1v) is 7.99. The van der Waals surface area contributed by atoms with E-state index in [4.69, 9.17) is 0 Å². The average molecular weight is 294 g/mol. The van der Waals surface area contributed by atoms with E-state index in [1.54, 1.807) is 12.4 Å². The number of hydrogen-bond donors (Lipinski definition) is 1. The van der Waals surface area contributed by atoms with Gasteiger partial charge in [0.25, 0.3) is 0 Å². The van der Waals surface area contributed by atoms with E-state index >= 15 is 0 Å². The summed E-state index contributed by atoms with van der Waals surface area (Å²) in [7, 11) is 0. The monoisotopic (exact) mass is 294 g/mol. The molecule has 1 aromatic heterocycles. The van der Waals surface area contributed by atoms with Gasteiger partial charge in [-0.15, -0.1) is 0 Å². The summed E-state index contributed by atoms with van der Waals surface area (Å²) in [5.74, 6) is 0.727. The number of nitrogens with one attached hydrogen (secondary N) is 1. The van der Waals surface area contributed by atoms with Crippen LogP contribution in [0.3, 0.4) is 0 Å². The first kappa shape index (κ1) is 14.8. The molecule has 0 saturated heterocycles. The molecule has 1 aliphatic carbocycles. The molecular weight excluding hydrogens is 272 g/mol. The molecule has 3 nitrogen and oxygen atoms in total. The van der Waals surface area contributed by atoms with Crippen molar-refractivity contribution in [3.8, 4) is 0 Å². The zero-order valence-electron chi connectivity index (χ0n) is 13.0. The third-order valence-electron chi connectivity index (χ3n) is 4.54. The highest BCUT2D eigenvalue weighted by Gasteiger charge is 2.23. The molecule has 0 aliphatic heterocycles. The number of hydrogen-bond acceptors (Lipinski definition) is 2. The van der Waals surface area contributed by atoms with Crippen molar-refractivity contribution in [2.24, 2.45) is 5.92 Å². The fourth-order valence-electron chi connectivity index (χ4n) is 2.99. The minimum Gasteiger partial charge on any atom is -0.345 e. The van der Waals surface area contributed by atoms with Gasteiger partial charge in [0.1, 0.15) is 0 Å². The Labute approximate surface area is 131 Å². The van der Waals surface area contributed by atoms with Crippen molar-refractivity contribution in [2.45, 2.75) is 38.6 Å². The second kappa shape index (κ2) is 6.73. The number of aromatic nitrogens is 1. The van der Waals surface area contributed by atoms with Crippen LogP contribution in [0.2, 0.25) is 0 Å². The Balaban J connectivity index is 1.83. The Kier molecular flexibility index (Phi) is 4.52. The molecule has 1 N–H and O–H groups in total. The first-order valence-electron chi connectivity index (χ1n) is 7.99. The highest BCUT2D eigenvalue weighted by Crippen LogP contribution is 2.30. The van der Waals surface area contributed by atoms with E-state index in [9.17, 15) is 4.79 Å². The van der Waals surface area contributed by atoms with Gasteiger partial charge in [0.05, 0.1) is 6.04 Å². The quantitative estimate of drug-likeness (QED) is 0.911. The molecule has 1 fully saturated rings. The summed E-state index contributed by atoms with van der Waals surface area (Å²) < 4.78 is 0. The van der Waals surface area contributed by atoms with Gasteiger partial charge in [-0.25, -0.2) is 0 Å². The van der Waals surface area contributed by atoms with E-state index in [0.717, 1.165) is 11.1 Å². The van der Waals surface area contributed by atoms with E-state index in [0.29, 0.717) is 12.3 Å². The molecule has 22 heavy (non-hydrogen) atoms. The van der Waals surface area contributed by atoms with Crippen molar-refractivity contribution in [1.82, 2.24) is 10.3 Å². The molecule has 1 atom stereocenters. The lowest BCUT2D eigenvalue weighted by Crippen LogP contribution is -2.32. The fraction of sp³-hybridized carbons (Fsp3) is 0.368. The number of benzene rings is 1. The van der Waals surface area contributed by atoms with Gasteiger partial charge in [0.15, 0.2) is 0 Å². The Morgan fingerprint density at radius 3 is 2.59 bits per heavy atom. The molecule has 1 unspecified atom stereocenters. The van der Waals surface area contributed by atoms with Crippen molar-refractivity contribution in [1.29, 1.82) is 0 Å². The Morgan fingerprint density at radius 2 is 1.95 bits per heavy atom. The zero-order valence-corrected chi connectivity index (χ0v) is 13.0. The van der Waals surface area contributed by atoms with E-state index in [1.165, 1.54) is 24.8 Å². The van der Waals surface area contributed by atoms with Gasteiger partial charge in [0, 0.05) is 18.8 Å². The highest BCUT2D eigenvalue weighted by molar-refractivity contribution is 5.77. The van der Waals surface area contributed by atoms with Crippen molar-refractivity contribution < 1.29 is 4.79 Å². The van der Waals surface area contributed by atoms with Crippen LogP contribution < -0.4 is 5.32 Å². The van der Waals surface area contributed by atoms with E-state index in [1.807, 2.05) is 24.3 Å². The Morgan fingerprint density at radius 1 is 1.23 bits per heavy atom. The Bertz CT molecular complexity index is 635. The van der Waals surface area contributed by atoms with E-state index in [-0.39, 0.29) is 11.9 Å². The maximum absolute atomic E-state index is 12.4. The average Bonchev–Trinajstić information content (AvgIpc) is 2.50. The zero-order chi connectivity index (χ0) is 15.4. The van der Waals surface area contributed by atoms with Gasteiger partial charge >= 0.3 is 0 Å². The van der Waals surface area contributed by atoms with Crippen molar-refractivity contribution in [3.05, 3.63) is 65.5 Å². The van der Waals surface area contributed by atoms with Crippen LogP contribution in [-0.2, 0) is 4.79 Å². The van der Waals surface area contributed by atoms with Gasteiger partial charge in [0.2, 0.25) is 5.91 Å². The van der Waals surface area contributed by atoms with Crippen molar-refractivity contribution >= 4 is 5.91 Å². The molecule has 1 saturated carbocycles. The third-order valence-corrected chi connectivity index (χ3v) is 4.54. The van der Waals surface area contributed by atoms with Gasteiger partial charge in [-0.3, -0.25) is 9.78 Å². The molecule has 1 heterocycles. The van der Waals surface area contributed by atoms with Gasteiger partial charge in [-0.2, -0.15) is 0 Å². The number of amides is 1. The van der Waals surface area contributed by atoms with Crippen LogP contribution in [-0.4, -0.2) is 10.9 Å². The molecule has 0 spiro atoms. The molecule has 1 aliphatic rings. The van der Waals surface area contributed by atoms with Crippen LogP contribution in [0.5, 0.6) is 0 Å². The standard InChI is InChI=1S/C19H22N2O/c1-14-5-2-3-8-17(14)19(16-9-11-20-12-10-16)21-18(22)13-15-6-4-7-15/h2-3,5,8-12,15,19H,4,6-7,13H2,1H3,(H,21,22). The molecule has 3 heteroatoms. The number of nitrogens with zero attached hydrogens (tertiary/aromatic N) is 1. The normalized spacial score (nSPS) is 15.9. The number of pyridine rings is 1. The largest absolute Gasteiger partial charge is 0.345 e. The topological polar surface area (TPSA) is 42.0 Å². The summed E-state index contributed by atoms with van der Waals surface area (Å²) in [5, 5.41) is 3.22. The van der Waals surface area contributed by atoms with E-state index < -0.39 is 0 Å². The van der Waals surface area contributed by atoms with E-state index in [2.05, 4.69) is 29.4 Å². The lowest BCUT2D eigenvalue weighted by atomic mass is 9.82. The second-order valence-electron chi connectivity index (χ2n) is 6.14. The summed E-state index contributed by atoms with van der Waals surface area (Å²) in [6.07, 6.45) is 7.85. The lowest BCUT2D eigenvalue weighted by molar-refractivity contribution is -0.123. The predicted molar refractivity (Wildman–Crippen MR) is 87.4 cm³/mol. The van der Waals surface area contributed by atoms with Crippen LogP contribution in [0, 0.1) is 12.8 Å². The molecule has 3 rings (SSSR count). The van der Waals surface area contributed by atoms with Gasteiger partial charge < -0.3 is 5.32 Å². The van der Waals surface area contributed by atoms with Crippen molar-refractivity contribution in [3.63, 3.8) is 0 Å². The van der Waals surface area contributed by atoms with Crippen molar-refractivity contribution in [2.75, 3.05) is 0 Å². The maximum atomic E-state index is 12.4. The third kappa shape index (κ3) is 3.35. The summed E-state index contributed by atoms with van der Waals surface area (Å²) in [6.45, 7) is 2.08. The summed E-state index contributed by atoms with van der Waals surface area (Å²) >= 11 is 0. The minimum absolute atomic E-state index is 0.100. The molecular formula is C19H22N2O. The number of rotatable bonds is 5. The minimum atomic E-state index is -0.100. The molecule has 1 aromatic carbocycles. The van der Waals surface area contributed by atoms with Gasteiger partial charge in [-0.05, 0) is 54.5 Å². The van der Waals surface area contributed by atoms with Crippen LogP contribution in [0.1, 0.15) is 48.4 Å². The lowest BCUT2D eigenvalue weighted by Gasteiger charge is -2.27. The van der Waals surface area contributed by atoms with Gasteiger partial charge in [-0.1, -0.05) is 30.7 Å². The maximum Gasteiger partial charge on any atom is 0.221 e. The summed E-state index contributed by atoms with van der Waals surface area (Å²) in [5.41, 5.74) is 3.41. The molecule has 0 bridgehead atoms. The predicted octanol–water partition coefficient (Wildman–Crippen LogP) is 3.79. The van der Waals surface area contributed by atoms with Crippen LogP contribution in [0.15, 0.2) is 48.8 Å². The SMILES string of the molecule is Cc1ccccc1C(NC(=O)CC1CCC1)c1ccncc1. The number of aryl methyl sites for hydroxylation is 1. The fourth-order valence-corrected chi connectivity index (χ4v) is 2.99. The smallest absolute Gasteiger partial charge is 0.221 e. The molecule has 0 radical (unpaired) electrons. The summed E-state index contributed by atoms with van der Waals surface area (Å²) in [4.78, 5) is 16.5. The van der Waals surface area contributed by atoms with Crippen LogP contribution in [0.25, 0.3) is 0 Å². The number of carbonyl (C=O) groups is 1. The molecule has 2 aromatic rings. The number of carbonyl (C=O) groups excluding carboxylic acids is 1. The molecule has 114 valence electrons. The Hall–Kier alpha value is -2.16. The van der Waals surface area contributed by atoms with Crippen LogP contribution >= 0.6 is 0 Å².